The van der Waals surface area contributed by atoms with E-state index in [1.165, 1.54) is 31.2 Å². The molecule has 2 amide bonds. The first-order valence-electron chi connectivity index (χ1n) is 11.6. The number of nitrogens with one attached hydrogen (secondary N) is 3. The molecule has 0 unspecified atom stereocenters. The third-order valence-electron chi connectivity index (χ3n) is 5.77. The number of benzene rings is 2. The van der Waals surface area contributed by atoms with Crippen LogP contribution in [-0.4, -0.2) is 39.9 Å². The first-order chi connectivity index (χ1) is 16.0. The molecule has 2 aromatic carbocycles. The Bertz CT molecular complexity index is 1120. The molecule has 3 rings (SSSR count). The molecule has 0 aliphatic carbocycles. The SMILES string of the molecule is CC(=O)Nc1ccc(S(=O)(=O)Nc2ccc(N3CCC(C)CC3)c(C(=O)NCC(C)C)c2)cc1. The molecule has 0 bridgehead atoms. The highest BCUT2D eigenvalue weighted by atomic mass is 32.2. The molecule has 1 aliphatic heterocycles. The van der Waals surface area contributed by atoms with Crippen LogP contribution in [0.1, 0.15) is 50.9 Å². The van der Waals surface area contributed by atoms with Crippen LogP contribution >= 0.6 is 0 Å². The molecule has 9 heteroatoms. The Kier molecular flexibility index (Phi) is 8.19. The molecule has 3 N–H and O–H groups in total. The van der Waals surface area contributed by atoms with E-state index >= 15 is 0 Å². The number of sulfonamides is 1. The van der Waals surface area contributed by atoms with Crippen LogP contribution in [0.5, 0.6) is 0 Å². The Morgan fingerprint density at radius 2 is 1.65 bits per heavy atom. The summed E-state index contributed by atoms with van der Waals surface area (Å²) in [6.45, 7) is 9.91. The zero-order chi connectivity index (χ0) is 24.9. The molecule has 0 spiro atoms. The van der Waals surface area contributed by atoms with Gasteiger partial charge in [0.15, 0.2) is 0 Å². The summed E-state index contributed by atoms with van der Waals surface area (Å²) < 4.78 is 28.5. The number of anilines is 3. The van der Waals surface area contributed by atoms with Crippen molar-refractivity contribution in [3.05, 3.63) is 48.0 Å². The molecule has 1 saturated heterocycles. The summed E-state index contributed by atoms with van der Waals surface area (Å²) in [4.78, 5) is 26.5. The summed E-state index contributed by atoms with van der Waals surface area (Å²) >= 11 is 0. The molecule has 34 heavy (non-hydrogen) atoms. The van der Waals surface area contributed by atoms with Crippen LogP contribution in [0.4, 0.5) is 17.1 Å². The summed E-state index contributed by atoms with van der Waals surface area (Å²) in [7, 11) is -3.88. The van der Waals surface area contributed by atoms with E-state index in [4.69, 9.17) is 0 Å². The van der Waals surface area contributed by atoms with Gasteiger partial charge in [0.05, 0.1) is 10.5 Å². The third-order valence-corrected chi connectivity index (χ3v) is 7.17. The van der Waals surface area contributed by atoms with Gasteiger partial charge in [0.25, 0.3) is 15.9 Å². The zero-order valence-electron chi connectivity index (χ0n) is 20.2. The number of hydrogen-bond acceptors (Lipinski definition) is 5. The molecule has 184 valence electrons. The lowest BCUT2D eigenvalue weighted by molar-refractivity contribution is -0.114. The van der Waals surface area contributed by atoms with Crippen molar-refractivity contribution in [2.45, 2.75) is 45.4 Å². The minimum absolute atomic E-state index is 0.0570. The highest BCUT2D eigenvalue weighted by Gasteiger charge is 2.23. The predicted molar refractivity (Wildman–Crippen MR) is 136 cm³/mol. The van der Waals surface area contributed by atoms with Crippen molar-refractivity contribution in [3.63, 3.8) is 0 Å². The minimum Gasteiger partial charge on any atom is -0.371 e. The standard InChI is InChI=1S/C25H34N4O4S/c1-17(2)16-26-25(31)23-15-21(7-10-24(23)29-13-11-18(3)12-14-29)28-34(32,33)22-8-5-20(6-9-22)27-19(4)30/h5-10,15,17-18,28H,11-14,16H2,1-4H3,(H,26,31)(H,27,30). The number of hydrogen-bond donors (Lipinski definition) is 3. The second kappa shape index (κ2) is 10.9. The fraction of sp³-hybridized carbons (Fsp3) is 0.440. The van der Waals surface area contributed by atoms with Gasteiger partial charge in [0.1, 0.15) is 0 Å². The molecule has 0 atom stereocenters. The molecule has 1 aliphatic rings. The number of carbonyl (C=O) groups excluding carboxylic acids is 2. The van der Waals surface area contributed by atoms with Crippen LogP contribution in [0.3, 0.4) is 0 Å². The van der Waals surface area contributed by atoms with Gasteiger partial charge in [-0.2, -0.15) is 0 Å². The monoisotopic (exact) mass is 486 g/mol. The van der Waals surface area contributed by atoms with Crippen molar-refractivity contribution in [3.8, 4) is 0 Å². The van der Waals surface area contributed by atoms with Crippen LogP contribution < -0.4 is 20.3 Å². The Morgan fingerprint density at radius 1 is 1.03 bits per heavy atom. The summed E-state index contributed by atoms with van der Waals surface area (Å²) in [5, 5.41) is 5.56. The van der Waals surface area contributed by atoms with Crippen molar-refractivity contribution < 1.29 is 18.0 Å². The number of rotatable bonds is 8. The van der Waals surface area contributed by atoms with E-state index in [9.17, 15) is 18.0 Å². The van der Waals surface area contributed by atoms with Crippen molar-refractivity contribution in [2.75, 3.05) is 34.6 Å². The Morgan fingerprint density at radius 3 is 2.24 bits per heavy atom. The van der Waals surface area contributed by atoms with Gasteiger partial charge in [-0.1, -0.05) is 20.8 Å². The summed E-state index contributed by atoms with van der Waals surface area (Å²) in [5.74, 6) is 0.492. The topological polar surface area (TPSA) is 108 Å². The van der Waals surface area contributed by atoms with Gasteiger partial charge >= 0.3 is 0 Å². The molecule has 1 fully saturated rings. The highest BCUT2D eigenvalue weighted by molar-refractivity contribution is 7.92. The number of carbonyl (C=O) groups is 2. The van der Waals surface area contributed by atoms with Crippen LogP contribution in [-0.2, 0) is 14.8 Å². The fourth-order valence-corrected chi connectivity index (χ4v) is 4.88. The van der Waals surface area contributed by atoms with E-state index < -0.39 is 10.0 Å². The summed E-state index contributed by atoms with van der Waals surface area (Å²) in [6, 6.07) is 11.0. The lowest BCUT2D eigenvalue weighted by Crippen LogP contribution is -2.35. The van der Waals surface area contributed by atoms with Crippen LogP contribution in [0.25, 0.3) is 0 Å². The largest absolute Gasteiger partial charge is 0.371 e. The molecule has 1 heterocycles. The van der Waals surface area contributed by atoms with Crippen molar-refractivity contribution >= 4 is 38.9 Å². The average molecular weight is 487 g/mol. The number of nitrogens with zero attached hydrogens (tertiary/aromatic N) is 1. The van der Waals surface area contributed by atoms with E-state index in [1.807, 2.05) is 19.9 Å². The summed E-state index contributed by atoms with van der Waals surface area (Å²) in [5.41, 5.74) is 2.10. The third kappa shape index (κ3) is 6.72. The molecular weight excluding hydrogens is 452 g/mol. The fourth-order valence-electron chi connectivity index (χ4n) is 3.83. The molecule has 8 nitrogen and oxygen atoms in total. The molecular formula is C25H34N4O4S. The van der Waals surface area contributed by atoms with Crippen molar-refractivity contribution in [2.24, 2.45) is 11.8 Å². The lowest BCUT2D eigenvalue weighted by atomic mass is 9.98. The van der Waals surface area contributed by atoms with E-state index in [1.54, 1.807) is 12.1 Å². The average Bonchev–Trinajstić information content (AvgIpc) is 2.78. The van der Waals surface area contributed by atoms with Gasteiger partial charge in [-0.15, -0.1) is 0 Å². The van der Waals surface area contributed by atoms with Gasteiger partial charge in [0, 0.05) is 43.6 Å². The van der Waals surface area contributed by atoms with Gasteiger partial charge < -0.3 is 15.5 Å². The van der Waals surface area contributed by atoms with Crippen molar-refractivity contribution in [1.82, 2.24) is 5.32 Å². The highest BCUT2D eigenvalue weighted by Crippen LogP contribution is 2.30. The lowest BCUT2D eigenvalue weighted by Gasteiger charge is -2.33. The van der Waals surface area contributed by atoms with Crippen LogP contribution in [0, 0.1) is 11.8 Å². The normalized spacial score (nSPS) is 14.7. The van der Waals surface area contributed by atoms with Gasteiger partial charge in [-0.25, -0.2) is 8.42 Å². The molecule has 2 aromatic rings. The smallest absolute Gasteiger partial charge is 0.261 e. The first kappa shape index (κ1) is 25.6. The van der Waals surface area contributed by atoms with E-state index in [-0.39, 0.29) is 16.7 Å². The van der Waals surface area contributed by atoms with Gasteiger partial charge in [-0.3, -0.25) is 14.3 Å². The Labute approximate surface area is 202 Å². The summed E-state index contributed by atoms with van der Waals surface area (Å²) in [6.07, 6.45) is 2.10. The van der Waals surface area contributed by atoms with Gasteiger partial charge in [-0.05, 0) is 67.1 Å². The maximum Gasteiger partial charge on any atom is 0.261 e. The van der Waals surface area contributed by atoms with Crippen LogP contribution in [0.15, 0.2) is 47.4 Å². The zero-order valence-corrected chi connectivity index (χ0v) is 21.0. The van der Waals surface area contributed by atoms with Crippen LogP contribution in [0.2, 0.25) is 0 Å². The van der Waals surface area contributed by atoms with E-state index in [0.29, 0.717) is 35.3 Å². The Hall–Kier alpha value is -3.07. The second-order valence-corrected chi connectivity index (χ2v) is 11.0. The number of amides is 2. The maximum atomic E-state index is 13.0. The minimum atomic E-state index is -3.88. The molecule has 0 aromatic heterocycles. The second-order valence-electron chi connectivity index (χ2n) is 9.32. The number of piperidine rings is 1. The van der Waals surface area contributed by atoms with E-state index in [0.717, 1.165) is 31.6 Å². The predicted octanol–water partition coefficient (Wildman–Crippen LogP) is 4.07. The van der Waals surface area contributed by atoms with E-state index in [2.05, 4.69) is 27.2 Å². The first-order valence-corrected chi connectivity index (χ1v) is 13.1. The van der Waals surface area contributed by atoms with Crippen molar-refractivity contribution in [1.29, 1.82) is 0 Å². The molecule has 0 saturated carbocycles. The maximum absolute atomic E-state index is 13.0. The molecule has 0 radical (unpaired) electrons. The van der Waals surface area contributed by atoms with Gasteiger partial charge in [0.2, 0.25) is 5.91 Å². The quantitative estimate of drug-likeness (QED) is 0.521. The Balaban J connectivity index is 1.86.